The molecule has 0 aliphatic carbocycles. The molecule has 0 nitrogen and oxygen atoms in total. The van der Waals surface area contributed by atoms with Gasteiger partial charge in [0.25, 0.3) is 0 Å². The van der Waals surface area contributed by atoms with Crippen molar-refractivity contribution in [2.75, 3.05) is 0 Å². The van der Waals surface area contributed by atoms with Crippen LogP contribution in [-0.4, -0.2) is 0 Å². The molecule has 0 heteroatoms. The van der Waals surface area contributed by atoms with Gasteiger partial charge in [0.05, 0.1) is 0 Å². The van der Waals surface area contributed by atoms with Gasteiger partial charge in [-0.25, -0.2) is 0 Å². The van der Waals surface area contributed by atoms with Crippen LogP contribution in [0.15, 0.2) is 12.2 Å². The first kappa shape index (κ1) is 6.45. The fourth-order valence-electron chi connectivity index (χ4n) is 0.765. The lowest BCUT2D eigenvalue weighted by molar-refractivity contribution is 0.727. The Hall–Kier alpha value is -0.260. The van der Waals surface area contributed by atoms with Crippen molar-refractivity contribution in [2.45, 2.75) is 52.3 Å². The summed E-state index contributed by atoms with van der Waals surface area (Å²) in [6, 6.07) is 0. The molecule has 0 rings (SSSR count). The first-order chi connectivity index (χ1) is 5.62. The van der Waals surface area contributed by atoms with Crippen molar-refractivity contribution < 1.29 is 2.74 Å². The Labute approximate surface area is 68.1 Å². The van der Waals surface area contributed by atoms with Crippen molar-refractivity contribution in [3.05, 3.63) is 12.2 Å². The molecule has 0 saturated carbocycles. The van der Waals surface area contributed by atoms with Crippen LogP contribution < -0.4 is 0 Å². The Morgan fingerprint density at radius 3 is 2.40 bits per heavy atom. The van der Waals surface area contributed by atoms with E-state index in [0.29, 0.717) is 12.8 Å². The second kappa shape index (κ2) is 8.74. The standard InChI is InChI=1S/C10H20/c1-3-5-7-9-10-8-6-4-2/h7,9H,3-6,8,10H2,1-2H3/b9-7-/i6D2. The van der Waals surface area contributed by atoms with E-state index in [1.807, 2.05) is 6.92 Å². The van der Waals surface area contributed by atoms with Crippen molar-refractivity contribution in [3.8, 4) is 0 Å². The third kappa shape index (κ3) is 7.74. The molecule has 0 aliphatic rings. The molecule has 0 unspecified atom stereocenters. The third-order valence-corrected chi connectivity index (χ3v) is 1.36. The molecule has 0 aromatic rings. The zero-order chi connectivity index (χ0) is 9.45. The molecular formula is C10H20. The second-order valence-corrected chi connectivity index (χ2v) is 2.40. The van der Waals surface area contributed by atoms with Crippen LogP contribution >= 0.6 is 0 Å². The summed E-state index contributed by atoms with van der Waals surface area (Å²) < 4.78 is 15.0. The molecule has 0 fully saturated rings. The van der Waals surface area contributed by atoms with E-state index in [-0.39, 0.29) is 0 Å². The van der Waals surface area contributed by atoms with E-state index in [1.165, 1.54) is 6.42 Å². The van der Waals surface area contributed by atoms with Gasteiger partial charge in [0.2, 0.25) is 0 Å². The van der Waals surface area contributed by atoms with Gasteiger partial charge in [-0.2, -0.15) is 0 Å². The van der Waals surface area contributed by atoms with E-state index in [1.54, 1.807) is 0 Å². The summed E-state index contributed by atoms with van der Waals surface area (Å²) in [7, 11) is 0. The quantitative estimate of drug-likeness (QED) is 0.493. The molecule has 0 amide bonds. The van der Waals surface area contributed by atoms with Gasteiger partial charge in [-0.15, -0.1) is 0 Å². The van der Waals surface area contributed by atoms with Gasteiger partial charge in [0, 0.05) is 2.74 Å². The molecule has 0 aliphatic heterocycles. The van der Waals surface area contributed by atoms with E-state index in [9.17, 15) is 0 Å². The van der Waals surface area contributed by atoms with E-state index in [2.05, 4.69) is 19.1 Å². The fourth-order valence-corrected chi connectivity index (χ4v) is 0.765. The number of rotatable bonds is 6. The van der Waals surface area contributed by atoms with E-state index in [4.69, 9.17) is 2.74 Å². The van der Waals surface area contributed by atoms with Gasteiger partial charge in [-0.1, -0.05) is 45.2 Å². The van der Waals surface area contributed by atoms with Crippen LogP contribution in [0.4, 0.5) is 0 Å². The van der Waals surface area contributed by atoms with Gasteiger partial charge >= 0.3 is 0 Å². The Kier molecular flexibility index (Phi) is 5.64. The van der Waals surface area contributed by atoms with Crippen LogP contribution in [0.3, 0.4) is 0 Å². The minimum Gasteiger partial charge on any atom is -0.0885 e. The summed E-state index contributed by atoms with van der Waals surface area (Å²) in [4.78, 5) is 0. The fraction of sp³-hybridized carbons (Fsp3) is 0.800. The zero-order valence-corrected chi connectivity index (χ0v) is 7.19. The zero-order valence-electron chi connectivity index (χ0n) is 9.19. The molecule has 0 aromatic carbocycles. The van der Waals surface area contributed by atoms with Gasteiger partial charge in [0.15, 0.2) is 0 Å². The summed E-state index contributed by atoms with van der Waals surface area (Å²) >= 11 is 0. The molecule has 60 valence electrons. The molecule has 0 spiro atoms. The molecule has 0 aromatic heterocycles. The second-order valence-electron chi connectivity index (χ2n) is 2.40. The van der Waals surface area contributed by atoms with E-state index in [0.717, 1.165) is 12.8 Å². The summed E-state index contributed by atoms with van der Waals surface area (Å²) in [5, 5.41) is 0. The Morgan fingerprint density at radius 1 is 1.10 bits per heavy atom. The molecule has 0 heterocycles. The first-order valence-electron chi connectivity index (χ1n) is 5.27. The smallest absolute Gasteiger partial charge is 0.0267 e. The van der Waals surface area contributed by atoms with Crippen molar-refractivity contribution in [1.29, 1.82) is 0 Å². The van der Waals surface area contributed by atoms with Crippen LogP contribution in [-0.2, 0) is 0 Å². The van der Waals surface area contributed by atoms with E-state index < -0.39 is 6.37 Å². The molecule has 10 heavy (non-hydrogen) atoms. The topological polar surface area (TPSA) is 0 Å². The number of allylic oxidation sites excluding steroid dienone is 2. The monoisotopic (exact) mass is 142 g/mol. The lowest BCUT2D eigenvalue weighted by Crippen LogP contribution is -1.70. The molecular weight excluding hydrogens is 120 g/mol. The Bertz CT molecular complexity index is 128. The summed E-state index contributed by atoms with van der Waals surface area (Å²) in [6.07, 6.45) is 7.73. The van der Waals surface area contributed by atoms with Crippen molar-refractivity contribution in [1.82, 2.24) is 0 Å². The van der Waals surface area contributed by atoms with Crippen LogP contribution in [0.5, 0.6) is 0 Å². The van der Waals surface area contributed by atoms with E-state index >= 15 is 0 Å². The summed E-state index contributed by atoms with van der Waals surface area (Å²) in [5.74, 6) is 0. The largest absolute Gasteiger partial charge is 0.0885 e. The Morgan fingerprint density at radius 2 is 1.80 bits per heavy atom. The predicted octanol–water partition coefficient (Wildman–Crippen LogP) is 3.92. The number of hydrogen-bond acceptors (Lipinski definition) is 0. The summed E-state index contributed by atoms with van der Waals surface area (Å²) in [6.45, 7) is 4.05. The van der Waals surface area contributed by atoms with Crippen molar-refractivity contribution >= 4 is 0 Å². The van der Waals surface area contributed by atoms with Crippen molar-refractivity contribution in [3.63, 3.8) is 0 Å². The highest BCUT2D eigenvalue weighted by Crippen LogP contribution is 2.00. The van der Waals surface area contributed by atoms with Gasteiger partial charge in [0.1, 0.15) is 0 Å². The SMILES string of the molecule is [2H]C([2H])(CC)CC/C=C\CCC. The van der Waals surface area contributed by atoms with Crippen LogP contribution in [0.1, 0.15) is 55.1 Å². The van der Waals surface area contributed by atoms with Crippen LogP contribution in [0, 0.1) is 0 Å². The highest BCUT2D eigenvalue weighted by atomic mass is 13.9. The lowest BCUT2D eigenvalue weighted by Gasteiger charge is -1.90. The maximum Gasteiger partial charge on any atom is 0.0267 e. The number of unbranched alkanes of at least 4 members (excludes halogenated alkanes) is 1. The van der Waals surface area contributed by atoms with Gasteiger partial charge < -0.3 is 0 Å². The average Bonchev–Trinajstić information content (AvgIpc) is 2.04. The third-order valence-electron chi connectivity index (χ3n) is 1.36. The Balaban J connectivity index is 3.42. The minimum absolute atomic E-state index is 0.620. The van der Waals surface area contributed by atoms with Crippen LogP contribution in [0.25, 0.3) is 0 Å². The molecule has 0 radical (unpaired) electrons. The average molecular weight is 142 g/mol. The van der Waals surface area contributed by atoms with Gasteiger partial charge in [-0.3, -0.25) is 0 Å². The minimum atomic E-state index is -0.962. The number of hydrogen-bond donors (Lipinski definition) is 0. The van der Waals surface area contributed by atoms with Crippen molar-refractivity contribution in [2.24, 2.45) is 0 Å². The van der Waals surface area contributed by atoms with Crippen LogP contribution in [0.2, 0.25) is 0 Å². The molecule has 0 saturated heterocycles. The maximum absolute atomic E-state index is 7.49. The summed E-state index contributed by atoms with van der Waals surface area (Å²) in [5.41, 5.74) is 0. The van der Waals surface area contributed by atoms with Gasteiger partial charge in [-0.05, 0) is 19.3 Å². The predicted molar refractivity (Wildman–Crippen MR) is 48.2 cm³/mol. The normalized spacial score (nSPS) is 15.4. The molecule has 0 bridgehead atoms. The highest BCUT2D eigenvalue weighted by molar-refractivity contribution is 4.80. The first-order valence-corrected chi connectivity index (χ1v) is 4.27. The maximum atomic E-state index is 7.49. The lowest BCUT2D eigenvalue weighted by atomic mass is 10.2. The molecule has 0 atom stereocenters. The molecule has 0 N–H and O–H groups in total. The highest BCUT2D eigenvalue weighted by Gasteiger charge is 1.80.